The molecule has 98 valence electrons. The highest BCUT2D eigenvalue weighted by Gasteiger charge is 2.12. The molecule has 0 saturated carbocycles. The van der Waals surface area contributed by atoms with Crippen LogP contribution >= 0.6 is 34.8 Å². The van der Waals surface area contributed by atoms with Crippen LogP contribution < -0.4 is 0 Å². The largest absolute Gasteiger partial charge is 0.294 e. The van der Waals surface area contributed by atoms with Crippen molar-refractivity contribution in [2.75, 3.05) is 0 Å². The Morgan fingerprint density at radius 1 is 1.00 bits per heavy atom. The molecule has 0 aromatic heterocycles. The number of Topliss-reactive ketones (excluding diaryl/α,β-unsaturated/α-hetero) is 1. The van der Waals surface area contributed by atoms with Crippen LogP contribution in [-0.4, -0.2) is 5.78 Å². The van der Waals surface area contributed by atoms with E-state index in [-0.39, 0.29) is 12.2 Å². The minimum atomic E-state index is -0.499. The molecule has 0 amide bonds. The Bertz CT molecular complexity index is 641. The second kappa shape index (κ2) is 5.91. The first-order valence-corrected chi connectivity index (χ1v) is 6.53. The molecule has 0 aliphatic heterocycles. The van der Waals surface area contributed by atoms with Gasteiger partial charge in [-0.1, -0.05) is 40.9 Å². The standard InChI is InChI=1S/C14H8Cl3FO/c15-10-3-1-8(13(18)7-10)6-14(19)9-2-4-11(16)12(17)5-9/h1-5,7H,6H2. The van der Waals surface area contributed by atoms with E-state index in [1.807, 2.05) is 0 Å². The van der Waals surface area contributed by atoms with Gasteiger partial charge in [0.2, 0.25) is 0 Å². The monoisotopic (exact) mass is 316 g/mol. The number of ketones is 1. The van der Waals surface area contributed by atoms with Crippen LogP contribution in [0.3, 0.4) is 0 Å². The highest BCUT2D eigenvalue weighted by Crippen LogP contribution is 2.24. The SMILES string of the molecule is O=C(Cc1ccc(Cl)cc1F)c1ccc(Cl)c(Cl)c1. The Labute approximate surface area is 124 Å². The van der Waals surface area contributed by atoms with Crippen LogP contribution in [0.15, 0.2) is 36.4 Å². The maximum atomic E-state index is 13.6. The van der Waals surface area contributed by atoms with Crippen molar-refractivity contribution in [2.45, 2.75) is 6.42 Å². The van der Waals surface area contributed by atoms with Gasteiger partial charge in [0.05, 0.1) is 10.0 Å². The predicted molar refractivity (Wildman–Crippen MR) is 75.9 cm³/mol. The van der Waals surface area contributed by atoms with Gasteiger partial charge in [-0.3, -0.25) is 4.79 Å². The first kappa shape index (κ1) is 14.3. The van der Waals surface area contributed by atoms with Gasteiger partial charge in [-0.2, -0.15) is 0 Å². The molecule has 2 aromatic rings. The molecule has 19 heavy (non-hydrogen) atoms. The Kier molecular flexibility index (Phi) is 4.46. The molecular weight excluding hydrogens is 310 g/mol. The Morgan fingerprint density at radius 2 is 1.74 bits per heavy atom. The van der Waals surface area contributed by atoms with Crippen LogP contribution in [0.2, 0.25) is 15.1 Å². The second-order valence-electron chi connectivity index (χ2n) is 3.96. The lowest BCUT2D eigenvalue weighted by atomic mass is 10.0. The summed E-state index contributed by atoms with van der Waals surface area (Å²) in [6.45, 7) is 0. The zero-order valence-corrected chi connectivity index (χ0v) is 11.9. The molecule has 0 bridgehead atoms. The fourth-order valence-electron chi connectivity index (χ4n) is 1.61. The van der Waals surface area contributed by atoms with Gasteiger partial charge >= 0.3 is 0 Å². The fourth-order valence-corrected chi connectivity index (χ4v) is 2.07. The molecule has 0 saturated heterocycles. The van der Waals surface area contributed by atoms with Gasteiger partial charge in [-0.25, -0.2) is 4.39 Å². The molecule has 0 N–H and O–H groups in total. The van der Waals surface area contributed by atoms with Crippen LogP contribution in [0.4, 0.5) is 4.39 Å². The maximum Gasteiger partial charge on any atom is 0.167 e. The molecule has 0 atom stereocenters. The number of benzene rings is 2. The molecule has 0 spiro atoms. The summed E-state index contributed by atoms with van der Waals surface area (Å²) in [6.07, 6.45) is -0.0546. The Hall–Kier alpha value is -1.09. The van der Waals surface area contributed by atoms with Crippen molar-refractivity contribution >= 4 is 40.6 Å². The third kappa shape index (κ3) is 3.47. The number of hydrogen-bond acceptors (Lipinski definition) is 1. The smallest absolute Gasteiger partial charge is 0.167 e. The van der Waals surface area contributed by atoms with E-state index < -0.39 is 5.82 Å². The molecule has 0 fully saturated rings. The van der Waals surface area contributed by atoms with E-state index in [0.29, 0.717) is 26.2 Å². The van der Waals surface area contributed by atoms with Crippen molar-refractivity contribution in [3.05, 3.63) is 68.4 Å². The molecule has 2 aromatic carbocycles. The van der Waals surface area contributed by atoms with Gasteiger partial charge in [0.25, 0.3) is 0 Å². The Balaban J connectivity index is 2.23. The lowest BCUT2D eigenvalue weighted by molar-refractivity contribution is 0.0992. The van der Waals surface area contributed by atoms with Crippen molar-refractivity contribution in [3.8, 4) is 0 Å². The van der Waals surface area contributed by atoms with E-state index in [4.69, 9.17) is 34.8 Å². The van der Waals surface area contributed by atoms with Gasteiger partial charge in [-0.05, 0) is 35.9 Å². The van der Waals surface area contributed by atoms with Crippen molar-refractivity contribution in [3.63, 3.8) is 0 Å². The topological polar surface area (TPSA) is 17.1 Å². The molecule has 0 aliphatic rings. The van der Waals surface area contributed by atoms with Gasteiger partial charge in [0.15, 0.2) is 5.78 Å². The highest BCUT2D eigenvalue weighted by atomic mass is 35.5. The van der Waals surface area contributed by atoms with Crippen molar-refractivity contribution in [1.82, 2.24) is 0 Å². The van der Waals surface area contributed by atoms with E-state index in [9.17, 15) is 9.18 Å². The minimum Gasteiger partial charge on any atom is -0.294 e. The average molecular weight is 318 g/mol. The van der Waals surface area contributed by atoms with Gasteiger partial charge in [0, 0.05) is 17.0 Å². The maximum absolute atomic E-state index is 13.6. The molecule has 0 unspecified atom stereocenters. The molecule has 0 heterocycles. The Morgan fingerprint density at radius 3 is 2.37 bits per heavy atom. The molecule has 1 nitrogen and oxygen atoms in total. The normalized spacial score (nSPS) is 10.5. The molecule has 5 heteroatoms. The van der Waals surface area contributed by atoms with E-state index >= 15 is 0 Å². The van der Waals surface area contributed by atoms with Gasteiger partial charge < -0.3 is 0 Å². The molecule has 0 radical (unpaired) electrons. The second-order valence-corrected chi connectivity index (χ2v) is 5.22. The van der Waals surface area contributed by atoms with Crippen LogP contribution in [0.1, 0.15) is 15.9 Å². The molecule has 2 rings (SSSR count). The van der Waals surface area contributed by atoms with Crippen LogP contribution in [-0.2, 0) is 6.42 Å². The number of rotatable bonds is 3. The van der Waals surface area contributed by atoms with Crippen LogP contribution in [0.5, 0.6) is 0 Å². The number of carbonyl (C=O) groups is 1. The number of carbonyl (C=O) groups excluding carboxylic acids is 1. The third-order valence-corrected chi connectivity index (χ3v) is 3.58. The van der Waals surface area contributed by atoms with Crippen molar-refractivity contribution in [2.24, 2.45) is 0 Å². The number of halogens is 4. The zero-order valence-electron chi connectivity index (χ0n) is 9.59. The lowest BCUT2D eigenvalue weighted by Gasteiger charge is -2.05. The van der Waals surface area contributed by atoms with Gasteiger partial charge in [-0.15, -0.1) is 0 Å². The van der Waals surface area contributed by atoms with Crippen LogP contribution in [0.25, 0.3) is 0 Å². The average Bonchev–Trinajstić information content (AvgIpc) is 2.36. The van der Waals surface area contributed by atoms with E-state index in [2.05, 4.69) is 0 Å². The summed E-state index contributed by atoms with van der Waals surface area (Å²) in [7, 11) is 0. The zero-order chi connectivity index (χ0) is 14.0. The summed E-state index contributed by atoms with van der Waals surface area (Å²) in [6, 6.07) is 8.79. The summed E-state index contributed by atoms with van der Waals surface area (Å²) >= 11 is 17.3. The minimum absolute atomic E-state index is 0.0546. The molecular formula is C14H8Cl3FO. The van der Waals surface area contributed by atoms with Crippen molar-refractivity contribution in [1.29, 1.82) is 0 Å². The lowest BCUT2D eigenvalue weighted by Crippen LogP contribution is -2.05. The van der Waals surface area contributed by atoms with Crippen molar-refractivity contribution < 1.29 is 9.18 Å². The first-order valence-electron chi connectivity index (χ1n) is 5.39. The van der Waals surface area contributed by atoms with E-state index in [0.717, 1.165) is 0 Å². The van der Waals surface area contributed by atoms with E-state index in [1.165, 1.54) is 24.3 Å². The van der Waals surface area contributed by atoms with Crippen LogP contribution in [0, 0.1) is 5.82 Å². The van der Waals surface area contributed by atoms with Gasteiger partial charge in [0.1, 0.15) is 5.82 Å². The summed E-state index contributed by atoms with van der Waals surface area (Å²) in [4.78, 5) is 12.0. The predicted octanol–water partition coefficient (Wildman–Crippen LogP) is 5.21. The highest BCUT2D eigenvalue weighted by molar-refractivity contribution is 6.42. The number of hydrogen-bond donors (Lipinski definition) is 0. The summed E-state index contributed by atoms with van der Waals surface area (Å²) in [5.41, 5.74) is 0.684. The summed E-state index contributed by atoms with van der Waals surface area (Å²) in [5, 5.41) is 0.961. The molecule has 0 aliphatic carbocycles. The fraction of sp³-hybridized carbons (Fsp3) is 0.0714. The van der Waals surface area contributed by atoms with E-state index in [1.54, 1.807) is 12.1 Å². The summed E-state index contributed by atoms with van der Waals surface area (Å²) < 4.78 is 13.6. The summed E-state index contributed by atoms with van der Waals surface area (Å²) in [5.74, 6) is -0.735. The first-order chi connectivity index (χ1) is 8.97. The quantitative estimate of drug-likeness (QED) is 0.710. The third-order valence-electron chi connectivity index (χ3n) is 2.61.